The number of piperidine rings is 1. The standard InChI is InChI=1S/C18H24ClNO5/c1-3-24-16(21)11-25-17(15-9-14(19)7-6-12(15)2)13-5-4-8-20(10-13)18(22)23/h6-7,9,13,17H,3-5,8,10-11H2,1-2H3,(H,22,23)/t13?,17-/m1/s1. The second-order valence-corrected chi connectivity index (χ2v) is 6.60. The van der Waals surface area contributed by atoms with Gasteiger partial charge in [0.05, 0.1) is 12.7 Å². The van der Waals surface area contributed by atoms with Gasteiger partial charge in [0, 0.05) is 24.0 Å². The second-order valence-electron chi connectivity index (χ2n) is 6.17. The van der Waals surface area contributed by atoms with Crippen molar-refractivity contribution in [2.45, 2.75) is 32.8 Å². The third kappa shape index (κ3) is 5.34. The Hall–Kier alpha value is -1.79. The maximum atomic E-state index is 11.7. The third-order valence-corrected chi connectivity index (χ3v) is 4.63. The van der Waals surface area contributed by atoms with E-state index in [1.807, 2.05) is 19.1 Å². The fraction of sp³-hybridized carbons (Fsp3) is 0.556. The molecule has 0 bridgehead atoms. The van der Waals surface area contributed by atoms with E-state index in [9.17, 15) is 14.7 Å². The van der Waals surface area contributed by atoms with E-state index >= 15 is 0 Å². The number of nitrogens with zero attached hydrogens (tertiary/aromatic N) is 1. The Kier molecular flexibility index (Phi) is 7.08. The molecule has 138 valence electrons. The summed E-state index contributed by atoms with van der Waals surface area (Å²) in [4.78, 5) is 24.4. The van der Waals surface area contributed by atoms with Crippen molar-refractivity contribution in [3.05, 3.63) is 34.3 Å². The zero-order valence-corrected chi connectivity index (χ0v) is 15.3. The number of esters is 1. The van der Waals surface area contributed by atoms with Crippen molar-refractivity contribution < 1.29 is 24.2 Å². The van der Waals surface area contributed by atoms with Crippen LogP contribution in [0, 0.1) is 12.8 Å². The lowest BCUT2D eigenvalue weighted by Gasteiger charge is -2.36. The van der Waals surface area contributed by atoms with Crippen LogP contribution >= 0.6 is 11.6 Å². The molecule has 0 spiro atoms. The number of halogens is 1. The number of carbonyl (C=O) groups is 2. The average molecular weight is 370 g/mol. The number of benzene rings is 1. The van der Waals surface area contributed by atoms with Gasteiger partial charge in [0.2, 0.25) is 0 Å². The molecule has 25 heavy (non-hydrogen) atoms. The van der Waals surface area contributed by atoms with E-state index in [1.54, 1.807) is 13.0 Å². The first-order chi connectivity index (χ1) is 11.9. The minimum absolute atomic E-state index is 0.0450. The van der Waals surface area contributed by atoms with Gasteiger partial charge in [-0.05, 0) is 49.9 Å². The molecule has 1 N–H and O–H groups in total. The van der Waals surface area contributed by atoms with Gasteiger partial charge in [-0.25, -0.2) is 9.59 Å². The predicted molar refractivity (Wildman–Crippen MR) is 93.8 cm³/mol. The molecule has 1 unspecified atom stereocenters. The smallest absolute Gasteiger partial charge is 0.407 e. The molecule has 1 aromatic carbocycles. The van der Waals surface area contributed by atoms with Gasteiger partial charge in [-0.2, -0.15) is 0 Å². The van der Waals surface area contributed by atoms with Gasteiger partial charge in [0.15, 0.2) is 0 Å². The molecule has 0 aliphatic carbocycles. The minimum atomic E-state index is -0.934. The first-order valence-corrected chi connectivity index (χ1v) is 8.81. The van der Waals surface area contributed by atoms with Crippen molar-refractivity contribution in [2.24, 2.45) is 5.92 Å². The Morgan fingerprint density at radius 1 is 1.44 bits per heavy atom. The van der Waals surface area contributed by atoms with Crippen LogP contribution in [-0.2, 0) is 14.3 Å². The Bertz CT molecular complexity index is 621. The van der Waals surface area contributed by atoms with Crippen LogP contribution in [0.5, 0.6) is 0 Å². The molecule has 7 heteroatoms. The average Bonchev–Trinajstić information content (AvgIpc) is 2.58. The van der Waals surface area contributed by atoms with Crippen LogP contribution in [-0.4, -0.2) is 48.4 Å². The molecule has 0 aromatic heterocycles. The first-order valence-electron chi connectivity index (χ1n) is 8.43. The summed E-state index contributed by atoms with van der Waals surface area (Å²) in [6.07, 6.45) is 0.237. The number of ether oxygens (including phenoxy) is 2. The summed E-state index contributed by atoms with van der Waals surface area (Å²) >= 11 is 6.14. The lowest BCUT2D eigenvalue weighted by Crippen LogP contribution is -2.41. The third-order valence-electron chi connectivity index (χ3n) is 4.39. The Morgan fingerprint density at radius 2 is 2.20 bits per heavy atom. The molecule has 1 saturated heterocycles. The summed E-state index contributed by atoms with van der Waals surface area (Å²) in [6.45, 7) is 4.69. The monoisotopic (exact) mass is 369 g/mol. The van der Waals surface area contributed by atoms with Crippen molar-refractivity contribution in [2.75, 3.05) is 26.3 Å². The van der Waals surface area contributed by atoms with E-state index < -0.39 is 18.2 Å². The van der Waals surface area contributed by atoms with Crippen LogP contribution in [0.4, 0.5) is 4.79 Å². The number of carbonyl (C=O) groups excluding carboxylic acids is 1. The van der Waals surface area contributed by atoms with Crippen LogP contribution in [0.2, 0.25) is 5.02 Å². The van der Waals surface area contributed by atoms with Crippen molar-refractivity contribution in [3.8, 4) is 0 Å². The van der Waals surface area contributed by atoms with Gasteiger partial charge >= 0.3 is 12.1 Å². The number of rotatable bonds is 6. The zero-order valence-electron chi connectivity index (χ0n) is 14.5. The molecular weight excluding hydrogens is 346 g/mol. The highest BCUT2D eigenvalue weighted by molar-refractivity contribution is 6.30. The molecule has 1 fully saturated rings. The molecule has 2 rings (SSSR count). The molecule has 1 aliphatic heterocycles. The van der Waals surface area contributed by atoms with Crippen LogP contribution in [0.25, 0.3) is 0 Å². The van der Waals surface area contributed by atoms with Crippen molar-refractivity contribution >= 4 is 23.7 Å². The maximum Gasteiger partial charge on any atom is 0.407 e. The van der Waals surface area contributed by atoms with Gasteiger partial charge in [0.25, 0.3) is 0 Å². The highest BCUT2D eigenvalue weighted by Crippen LogP contribution is 2.35. The zero-order chi connectivity index (χ0) is 18.4. The second kappa shape index (κ2) is 9.06. The van der Waals surface area contributed by atoms with Gasteiger partial charge in [-0.3, -0.25) is 0 Å². The quantitative estimate of drug-likeness (QED) is 0.774. The topological polar surface area (TPSA) is 76.1 Å². The molecular formula is C18H24ClNO5. The number of hydrogen-bond donors (Lipinski definition) is 1. The molecule has 1 aromatic rings. The number of aryl methyl sites for hydroxylation is 1. The summed E-state index contributed by atoms with van der Waals surface area (Å²) in [5.41, 5.74) is 1.87. The number of likely N-dealkylation sites (tertiary alicyclic amines) is 1. The molecule has 0 saturated carbocycles. The fourth-order valence-electron chi connectivity index (χ4n) is 3.19. The Balaban J connectivity index is 2.23. The summed E-state index contributed by atoms with van der Waals surface area (Å²) in [5, 5.41) is 9.86. The normalized spacial score (nSPS) is 18.7. The van der Waals surface area contributed by atoms with E-state index in [4.69, 9.17) is 21.1 Å². The largest absolute Gasteiger partial charge is 0.465 e. The lowest BCUT2D eigenvalue weighted by molar-refractivity contribution is -0.152. The minimum Gasteiger partial charge on any atom is -0.465 e. The maximum absolute atomic E-state index is 11.7. The SMILES string of the molecule is CCOC(=O)CO[C@@H](c1cc(Cl)ccc1C)C1CCCN(C(=O)O)C1. The van der Waals surface area contributed by atoms with Crippen molar-refractivity contribution in [1.29, 1.82) is 0 Å². The van der Waals surface area contributed by atoms with E-state index in [1.165, 1.54) is 4.90 Å². The van der Waals surface area contributed by atoms with Crippen LogP contribution < -0.4 is 0 Å². The molecule has 1 aliphatic rings. The summed E-state index contributed by atoms with van der Waals surface area (Å²) in [5.74, 6) is -0.477. The van der Waals surface area contributed by atoms with Crippen LogP contribution in [0.3, 0.4) is 0 Å². The molecule has 1 amide bonds. The lowest BCUT2D eigenvalue weighted by atomic mass is 9.87. The molecule has 1 heterocycles. The van der Waals surface area contributed by atoms with Crippen LogP contribution in [0.1, 0.15) is 37.0 Å². The summed E-state index contributed by atoms with van der Waals surface area (Å²) in [6, 6.07) is 5.52. The molecule has 6 nitrogen and oxygen atoms in total. The predicted octanol–water partition coefficient (Wildman–Crippen LogP) is 3.66. The van der Waals surface area contributed by atoms with Gasteiger partial charge in [-0.15, -0.1) is 0 Å². The van der Waals surface area contributed by atoms with E-state index in [0.717, 1.165) is 24.0 Å². The van der Waals surface area contributed by atoms with Gasteiger partial charge in [0.1, 0.15) is 6.61 Å². The van der Waals surface area contributed by atoms with Crippen molar-refractivity contribution in [1.82, 2.24) is 4.90 Å². The van der Waals surface area contributed by atoms with Gasteiger partial charge in [-0.1, -0.05) is 17.7 Å². The summed E-state index contributed by atoms with van der Waals surface area (Å²) < 4.78 is 10.8. The number of carboxylic acid groups (broad SMARTS) is 1. The highest BCUT2D eigenvalue weighted by atomic mass is 35.5. The Labute approximate surface area is 152 Å². The van der Waals surface area contributed by atoms with Gasteiger partial charge < -0.3 is 19.5 Å². The summed E-state index contributed by atoms with van der Waals surface area (Å²) in [7, 11) is 0. The number of hydrogen-bond acceptors (Lipinski definition) is 4. The number of amides is 1. The van der Waals surface area contributed by atoms with E-state index in [0.29, 0.717) is 24.7 Å². The fourth-order valence-corrected chi connectivity index (χ4v) is 3.37. The molecule has 2 atom stereocenters. The van der Waals surface area contributed by atoms with Crippen LogP contribution in [0.15, 0.2) is 18.2 Å². The Morgan fingerprint density at radius 3 is 2.88 bits per heavy atom. The highest BCUT2D eigenvalue weighted by Gasteiger charge is 2.32. The first kappa shape index (κ1) is 19.5. The molecule has 0 radical (unpaired) electrons. The van der Waals surface area contributed by atoms with Crippen molar-refractivity contribution in [3.63, 3.8) is 0 Å². The van der Waals surface area contributed by atoms with E-state index in [-0.39, 0.29) is 12.5 Å². The van der Waals surface area contributed by atoms with E-state index in [2.05, 4.69) is 0 Å².